The van der Waals surface area contributed by atoms with Crippen molar-refractivity contribution in [1.29, 1.82) is 0 Å². The predicted octanol–water partition coefficient (Wildman–Crippen LogP) is 4.13. The lowest BCUT2D eigenvalue weighted by molar-refractivity contribution is 0.616. The molecule has 0 aliphatic heterocycles. The Kier molecular flexibility index (Phi) is 1.59. The highest BCUT2D eigenvalue weighted by molar-refractivity contribution is 5.99. The standard InChI is InChI=1S/C15H9NO/c1-2-4-13-10(3-1)7-12-8-11-5-6-17-15(11)9-14(12)16-13/h1-9H. The van der Waals surface area contributed by atoms with Gasteiger partial charge in [-0.15, -0.1) is 0 Å². The van der Waals surface area contributed by atoms with Gasteiger partial charge in [-0.3, -0.25) is 0 Å². The molecule has 2 aromatic carbocycles. The van der Waals surface area contributed by atoms with E-state index in [0.29, 0.717) is 0 Å². The van der Waals surface area contributed by atoms with Crippen molar-refractivity contribution in [2.24, 2.45) is 0 Å². The van der Waals surface area contributed by atoms with E-state index in [1.54, 1.807) is 6.26 Å². The first-order chi connectivity index (χ1) is 8.40. The van der Waals surface area contributed by atoms with E-state index >= 15 is 0 Å². The minimum absolute atomic E-state index is 0.889. The van der Waals surface area contributed by atoms with Gasteiger partial charge in [0, 0.05) is 22.2 Å². The fraction of sp³-hybridized carbons (Fsp3) is 0. The molecule has 0 spiro atoms. The molecule has 4 aromatic rings. The number of hydrogen-bond donors (Lipinski definition) is 0. The van der Waals surface area contributed by atoms with E-state index < -0.39 is 0 Å². The monoisotopic (exact) mass is 219 g/mol. The number of benzene rings is 2. The van der Waals surface area contributed by atoms with Crippen LogP contribution >= 0.6 is 0 Å². The second-order valence-electron chi connectivity index (χ2n) is 4.18. The van der Waals surface area contributed by atoms with Crippen molar-refractivity contribution < 1.29 is 4.42 Å². The molecule has 0 aliphatic carbocycles. The smallest absolute Gasteiger partial charge is 0.136 e. The van der Waals surface area contributed by atoms with Crippen molar-refractivity contribution in [3.63, 3.8) is 0 Å². The van der Waals surface area contributed by atoms with Gasteiger partial charge in [0.2, 0.25) is 0 Å². The second-order valence-corrected chi connectivity index (χ2v) is 4.18. The van der Waals surface area contributed by atoms with Gasteiger partial charge in [0.1, 0.15) is 5.58 Å². The van der Waals surface area contributed by atoms with Gasteiger partial charge in [-0.05, 0) is 24.3 Å². The second kappa shape index (κ2) is 3.08. The maximum absolute atomic E-state index is 5.40. The Morgan fingerprint density at radius 2 is 1.65 bits per heavy atom. The van der Waals surface area contributed by atoms with Gasteiger partial charge in [0.25, 0.3) is 0 Å². The first-order valence-electron chi connectivity index (χ1n) is 5.57. The zero-order chi connectivity index (χ0) is 11.2. The Bertz CT molecular complexity index is 776. The van der Waals surface area contributed by atoms with Gasteiger partial charge >= 0.3 is 0 Å². The third-order valence-electron chi connectivity index (χ3n) is 3.09. The van der Waals surface area contributed by atoms with Gasteiger partial charge < -0.3 is 4.42 Å². The molecule has 0 atom stereocenters. The van der Waals surface area contributed by atoms with Crippen LogP contribution in [0.25, 0.3) is 32.8 Å². The van der Waals surface area contributed by atoms with E-state index in [1.165, 1.54) is 5.39 Å². The van der Waals surface area contributed by atoms with Crippen molar-refractivity contribution in [3.05, 3.63) is 54.8 Å². The lowest BCUT2D eigenvalue weighted by Crippen LogP contribution is -1.81. The Morgan fingerprint density at radius 3 is 2.65 bits per heavy atom. The van der Waals surface area contributed by atoms with E-state index in [1.807, 2.05) is 30.3 Å². The van der Waals surface area contributed by atoms with Gasteiger partial charge in [0.05, 0.1) is 17.3 Å². The van der Waals surface area contributed by atoms with E-state index in [-0.39, 0.29) is 0 Å². The van der Waals surface area contributed by atoms with Crippen molar-refractivity contribution in [2.75, 3.05) is 0 Å². The SMILES string of the molecule is c1ccc2nc3cc4occc4cc3cc2c1. The van der Waals surface area contributed by atoms with E-state index in [0.717, 1.165) is 27.4 Å². The highest BCUT2D eigenvalue weighted by Gasteiger charge is 2.03. The lowest BCUT2D eigenvalue weighted by atomic mass is 10.1. The summed E-state index contributed by atoms with van der Waals surface area (Å²) < 4.78 is 5.40. The molecule has 0 bridgehead atoms. The van der Waals surface area contributed by atoms with Crippen LogP contribution in [0, 0.1) is 0 Å². The number of hydrogen-bond acceptors (Lipinski definition) is 2. The van der Waals surface area contributed by atoms with Crippen LogP contribution in [0.3, 0.4) is 0 Å². The van der Waals surface area contributed by atoms with E-state index in [4.69, 9.17) is 4.42 Å². The number of rotatable bonds is 0. The third kappa shape index (κ3) is 1.24. The Morgan fingerprint density at radius 1 is 0.765 bits per heavy atom. The average molecular weight is 219 g/mol. The summed E-state index contributed by atoms with van der Waals surface area (Å²) in [6.07, 6.45) is 1.71. The number of pyridine rings is 1. The minimum Gasteiger partial charge on any atom is -0.464 e. The van der Waals surface area contributed by atoms with E-state index in [9.17, 15) is 0 Å². The molecule has 0 N–H and O–H groups in total. The quantitative estimate of drug-likeness (QED) is 0.415. The first kappa shape index (κ1) is 8.76. The van der Waals surface area contributed by atoms with Gasteiger partial charge in [-0.25, -0.2) is 4.98 Å². The molecule has 2 nitrogen and oxygen atoms in total. The normalized spacial score (nSPS) is 11.5. The zero-order valence-corrected chi connectivity index (χ0v) is 9.05. The number of furan rings is 1. The Hall–Kier alpha value is -2.35. The number of para-hydroxylation sites is 1. The molecule has 0 saturated heterocycles. The van der Waals surface area contributed by atoms with Crippen LogP contribution in [-0.4, -0.2) is 4.98 Å². The van der Waals surface area contributed by atoms with Crippen LogP contribution < -0.4 is 0 Å². The summed E-state index contributed by atoms with van der Waals surface area (Å²) >= 11 is 0. The lowest BCUT2D eigenvalue weighted by Gasteiger charge is -2.01. The largest absolute Gasteiger partial charge is 0.464 e. The average Bonchev–Trinajstić information content (AvgIpc) is 2.80. The molecule has 0 saturated carbocycles. The highest BCUT2D eigenvalue weighted by Crippen LogP contribution is 2.25. The van der Waals surface area contributed by atoms with Crippen LogP contribution in [0.1, 0.15) is 0 Å². The van der Waals surface area contributed by atoms with Gasteiger partial charge in [-0.2, -0.15) is 0 Å². The maximum atomic E-state index is 5.40. The van der Waals surface area contributed by atoms with Crippen molar-refractivity contribution in [1.82, 2.24) is 4.98 Å². The minimum atomic E-state index is 0.889. The predicted molar refractivity (Wildman–Crippen MR) is 69.0 cm³/mol. The summed E-state index contributed by atoms with van der Waals surface area (Å²) in [5.41, 5.74) is 2.89. The van der Waals surface area contributed by atoms with Crippen molar-refractivity contribution in [2.45, 2.75) is 0 Å². The molecule has 2 aromatic heterocycles. The first-order valence-corrected chi connectivity index (χ1v) is 5.57. The molecular weight excluding hydrogens is 210 g/mol. The van der Waals surface area contributed by atoms with Crippen LogP contribution in [0.2, 0.25) is 0 Å². The zero-order valence-electron chi connectivity index (χ0n) is 9.05. The molecular formula is C15H9NO. The Labute approximate surface area is 97.5 Å². The number of nitrogens with zero attached hydrogens (tertiary/aromatic N) is 1. The highest BCUT2D eigenvalue weighted by atomic mass is 16.3. The molecule has 17 heavy (non-hydrogen) atoms. The molecule has 80 valence electrons. The van der Waals surface area contributed by atoms with Crippen LogP contribution in [0.5, 0.6) is 0 Å². The topological polar surface area (TPSA) is 26.0 Å². The molecule has 2 heteroatoms. The van der Waals surface area contributed by atoms with E-state index in [2.05, 4.69) is 23.2 Å². The van der Waals surface area contributed by atoms with Gasteiger partial charge in [0.15, 0.2) is 0 Å². The van der Waals surface area contributed by atoms with Crippen molar-refractivity contribution >= 4 is 32.8 Å². The number of fused-ring (bicyclic) bond motifs is 3. The summed E-state index contributed by atoms with van der Waals surface area (Å²) in [6, 6.07) is 16.4. The van der Waals surface area contributed by atoms with Crippen LogP contribution in [0.15, 0.2) is 59.2 Å². The summed E-state index contributed by atoms with van der Waals surface area (Å²) in [4.78, 5) is 4.65. The fourth-order valence-electron chi connectivity index (χ4n) is 2.24. The molecule has 0 unspecified atom stereocenters. The fourth-order valence-corrected chi connectivity index (χ4v) is 2.24. The maximum Gasteiger partial charge on any atom is 0.136 e. The number of aromatic nitrogens is 1. The molecule has 4 rings (SSSR count). The molecule has 0 fully saturated rings. The van der Waals surface area contributed by atoms with Gasteiger partial charge in [-0.1, -0.05) is 18.2 Å². The summed E-state index contributed by atoms with van der Waals surface area (Å²) in [7, 11) is 0. The molecule has 0 radical (unpaired) electrons. The third-order valence-corrected chi connectivity index (χ3v) is 3.09. The molecule has 0 aliphatic rings. The molecule has 2 heterocycles. The Balaban J connectivity index is 2.23. The summed E-state index contributed by atoms with van der Waals surface area (Å²) in [5.74, 6) is 0. The summed E-state index contributed by atoms with van der Waals surface area (Å²) in [5, 5.41) is 3.44. The van der Waals surface area contributed by atoms with Crippen LogP contribution in [-0.2, 0) is 0 Å². The van der Waals surface area contributed by atoms with Crippen LogP contribution in [0.4, 0.5) is 0 Å². The van der Waals surface area contributed by atoms with Crippen molar-refractivity contribution in [3.8, 4) is 0 Å². The summed E-state index contributed by atoms with van der Waals surface area (Å²) in [6.45, 7) is 0. The molecule has 0 amide bonds.